The van der Waals surface area contributed by atoms with Gasteiger partial charge in [0.1, 0.15) is 17.5 Å². The van der Waals surface area contributed by atoms with Crippen molar-refractivity contribution in [3.8, 4) is 0 Å². The maximum Gasteiger partial charge on any atom is 0.308 e. The van der Waals surface area contributed by atoms with E-state index in [1.54, 1.807) is 6.20 Å². The molecule has 0 atom stereocenters. The number of hydrogen-bond acceptors (Lipinski definition) is 5. The first-order valence-electron chi connectivity index (χ1n) is 9.13. The number of hydrogen-bond donors (Lipinski definition) is 0. The van der Waals surface area contributed by atoms with Gasteiger partial charge in [0.25, 0.3) is 0 Å². The van der Waals surface area contributed by atoms with Crippen molar-refractivity contribution < 1.29 is 18.3 Å². The quantitative estimate of drug-likeness (QED) is 0.772. The van der Waals surface area contributed by atoms with Gasteiger partial charge in [0.2, 0.25) is 0 Å². The number of rotatable bonds is 4. The summed E-state index contributed by atoms with van der Waals surface area (Å²) >= 11 is 0. The number of methoxy groups -OCH3 is 1. The third-order valence-electron chi connectivity index (χ3n) is 5.57. The van der Waals surface area contributed by atoms with Crippen LogP contribution >= 0.6 is 0 Å². The molecule has 142 valence electrons. The van der Waals surface area contributed by atoms with E-state index in [1.807, 2.05) is 0 Å². The fourth-order valence-electron chi connectivity index (χ4n) is 3.88. The number of halogens is 2. The topological polar surface area (TPSA) is 55.3 Å². The normalized spacial score (nSPS) is 22.0. The van der Waals surface area contributed by atoms with Crippen molar-refractivity contribution in [1.29, 1.82) is 0 Å². The minimum absolute atomic E-state index is 0.00166. The van der Waals surface area contributed by atoms with Gasteiger partial charge in [-0.25, -0.2) is 18.7 Å². The average molecular weight is 373 g/mol. The molecule has 2 aromatic rings. The highest BCUT2D eigenvalue weighted by Gasteiger charge is 2.39. The van der Waals surface area contributed by atoms with Crippen LogP contribution in [0.4, 0.5) is 8.78 Å². The molecule has 0 spiro atoms. The van der Waals surface area contributed by atoms with Crippen molar-refractivity contribution in [3.05, 3.63) is 58.7 Å². The van der Waals surface area contributed by atoms with Gasteiger partial charge in [-0.15, -0.1) is 0 Å². The summed E-state index contributed by atoms with van der Waals surface area (Å²) in [6, 6.07) is 4.22. The lowest BCUT2D eigenvalue weighted by Crippen LogP contribution is -2.49. The summed E-state index contributed by atoms with van der Waals surface area (Å²) in [7, 11) is 1.43. The molecule has 4 rings (SSSR count). The van der Waals surface area contributed by atoms with Crippen LogP contribution in [0.15, 0.2) is 24.4 Å². The lowest BCUT2D eigenvalue weighted by atomic mass is 9.78. The minimum Gasteiger partial charge on any atom is -0.469 e. The van der Waals surface area contributed by atoms with Gasteiger partial charge in [-0.3, -0.25) is 9.69 Å². The van der Waals surface area contributed by atoms with Crippen LogP contribution in [-0.2, 0) is 28.9 Å². The molecule has 1 aromatic heterocycles. The third-order valence-corrected chi connectivity index (χ3v) is 5.57. The second-order valence-corrected chi connectivity index (χ2v) is 7.20. The highest BCUT2D eigenvalue weighted by atomic mass is 19.1. The number of nitrogens with zero attached hydrogens (tertiary/aromatic N) is 3. The van der Waals surface area contributed by atoms with Gasteiger partial charge in [-0.2, -0.15) is 0 Å². The smallest absolute Gasteiger partial charge is 0.308 e. The minimum atomic E-state index is -0.576. The van der Waals surface area contributed by atoms with Gasteiger partial charge in [-0.1, -0.05) is 6.07 Å². The maximum atomic E-state index is 13.8. The second-order valence-electron chi connectivity index (χ2n) is 7.20. The Morgan fingerprint density at radius 1 is 1.30 bits per heavy atom. The molecule has 2 aliphatic rings. The van der Waals surface area contributed by atoms with E-state index in [2.05, 4.69) is 14.9 Å². The number of carbonyl (C=O) groups is 1. The molecule has 27 heavy (non-hydrogen) atoms. The Balaban J connectivity index is 1.42. The van der Waals surface area contributed by atoms with Crippen molar-refractivity contribution in [2.75, 3.05) is 13.7 Å². The number of benzene rings is 1. The van der Waals surface area contributed by atoms with Crippen molar-refractivity contribution >= 4 is 5.97 Å². The predicted octanol–water partition coefficient (Wildman–Crippen LogP) is 2.66. The van der Waals surface area contributed by atoms with Crippen molar-refractivity contribution in [1.82, 2.24) is 14.9 Å². The Morgan fingerprint density at radius 2 is 2.04 bits per heavy atom. The Kier molecular flexibility index (Phi) is 4.86. The molecule has 5 nitrogen and oxygen atoms in total. The molecule has 1 aromatic carbocycles. The van der Waals surface area contributed by atoms with Gasteiger partial charge >= 0.3 is 5.97 Å². The summed E-state index contributed by atoms with van der Waals surface area (Å²) in [5.41, 5.74) is 1.98. The monoisotopic (exact) mass is 373 g/mol. The summed E-state index contributed by atoms with van der Waals surface area (Å²) in [5, 5.41) is 0. The zero-order chi connectivity index (χ0) is 19.0. The Hall–Kier alpha value is -2.41. The van der Waals surface area contributed by atoms with Gasteiger partial charge < -0.3 is 4.74 Å². The molecule has 0 N–H and O–H groups in total. The SMILES string of the molecule is COC(=O)C1CC(N2CCc3nc(Cc4c(F)cccc4F)ncc3C2)C1. The highest BCUT2D eigenvalue weighted by molar-refractivity contribution is 5.73. The molecular weight excluding hydrogens is 352 g/mol. The number of fused-ring (bicyclic) bond motifs is 1. The van der Waals surface area contributed by atoms with Crippen LogP contribution < -0.4 is 0 Å². The van der Waals surface area contributed by atoms with Crippen LogP contribution in [0.1, 0.15) is 35.5 Å². The van der Waals surface area contributed by atoms with Crippen molar-refractivity contribution in [2.24, 2.45) is 5.92 Å². The van der Waals surface area contributed by atoms with E-state index in [0.29, 0.717) is 11.9 Å². The van der Waals surface area contributed by atoms with Gasteiger partial charge in [0.05, 0.1) is 13.0 Å². The predicted molar refractivity (Wildman–Crippen MR) is 93.8 cm³/mol. The first kappa shape index (κ1) is 18.0. The first-order chi connectivity index (χ1) is 13.0. The molecule has 0 amide bonds. The van der Waals surface area contributed by atoms with Gasteiger partial charge in [-0.05, 0) is 25.0 Å². The van der Waals surface area contributed by atoms with Crippen molar-refractivity contribution in [3.63, 3.8) is 0 Å². The summed E-state index contributed by atoms with van der Waals surface area (Å²) < 4.78 is 32.5. The van der Waals surface area contributed by atoms with E-state index in [-0.39, 0.29) is 23.9 Å². The highest BCUT2D eigenvalue weighted by Crippen LogP contribution is 2.35. The standard InChI is InChI=1S/C20H21F2N3O2/c1-27-20(26)12-7-14(8-12)25-6-5-18-13(11-25)10-23-19(24-18)9-15-16(21)3-2-4-17(15)22/h2-4,10,12,14H,5-9,11H2,1H3. The summed E-state index contributed by atoms with van der Waals surface area (Å²) in [6.45, 7) is 1.60. The Labute approximate surface area is 156 Å². The molecule has 0 bridgehead atoms. The van der Waals surface area contributed by atoms with Crippen LogP contribution in [0.3, 0.4) is 0 Å². The summed E-state index contributed by atoms with van der Waals surface area (Å²) in [5.74, 6) is -0.839. The molecule has 0 unspecified atom stereocenters. The molecule has 0 radical (unpaired) electrons. The lowest BCUT2D eigenvalue weighted by Gasteiger charge is -2.43. The largest absolute Gasteiger partial charge is 0.469 e. The molecule has 7 heteroatoms. The van der Waals surface area contributed by atoms with Crippen LogP contribution in [0.25, 0.3) is 0 Å². The van der Waals surface area contributed by atoms with Crippen LogP contribution in [-0.4, -0.2) is 40.5 Å². The van der Waals surface area contributed by atoms with E-state index in [0.717, 1.165) is 43.6 Å². The fourth-order valence-corrected chi connectivity index (χ4v) is 3.88. The summed E-state index contributed by atoms with van der Waals surface area (Å²) in [6.07, 6.45) is 4.23. The average Bonchev–Trinajstić information content (AvgIpc) is 2.63. The zero-order valence-corrected chi connectivity index (χ0v) is 15.1. The second kappa shape index (κ2) is 7.31. The first-order valence-corrected chi connectivity index (χ1v) is 9.13. The van der Waals surface area contributed by atoms with E-state index in [9.17, 15) is 13.6 Å². The van der Waals surface area contributed by atoms with Crippen LogP contribution in [0, 0.1) is 17.6 Å². The molecule has 1 fully saturated rings. The van der Waals surface area contributed by atoms with Crippen molar-refractivity contribution in [2.45, 2.75) is 38.3 Å². The molecule has 1 aliphatic heterocycles. The number of esters is 1. The molecule has 0 saturated heterocycles. The van der Waals surface area contributed by atoms with E-state index < -0.39 is 11.6 Å². The Bertz CT molecular complexity index is 848. The maximum absolute atomic E-state index is 13.8. The number of carbonyl (C=O) groups excluding carboxylic acids is 1. The van der Waals surface area contributed by atoms with E-state index >= 15 is 0 Å². The molecule has 1 saturated carbocycles. The molecular formula is C20H21F2N3O2. The molecule has 1 aliphatic carbocycles. The number of aromatic nitrogens is 2. The van der Waals surface area contributed by atoms with Crippen LogP contribution in [0.2, 0.25) is 0 Å². The lowest BCUT2D eigenvalue weighted by molar-refractivity contribution is -0.151. The zero-order valence-electron chi connectivity index (χ0n) is 15.1. The fraction of sp³-hybridized carbons (Fsp3) is 0.450. The van der Waals surface area contributed by atoms with E-state index in [1.165, 1.54) is 25.3 Å². The van der Waals surface area contributed by atoms with E-state index in [4.69, 9.17) is 4.74 Å². The summed E-state index contributed by atoms with van der Waals surface area (Å²) in [4.78, 5) is 22.7. The van der Waals surface area contributed by atoms with Gasteiger partial charge in [0, 0.05) is 55.0 Å². The number of ether oxygens (including phenoxy) is 1. The third kappa shape index (κ3) is 3.56. The van der Waals surface area contributed by atoms with Gasteiger partial charge in [0.15, 0.2) is 0 Å². The molecule has 2 heterocycles. The Morgan fingerprint density at radius 3 is 2.74 bits per heavy atom. The van der Waals surface area contributed by atoms with Crippen LogP contribution in [0.5, 0.6) is 0 Å².